The van der Waals surface area contributed by atoms with Gasteiger partial charge in [-0.25, -0.2) is 9.59 Å². The predicted molar refractivity (Wildman–Crippen MR) is 95.5 cm³/mol. The van der Waals surface area contributed by atoms with Crippen LogP contribution in [0.3, 0.4) is 0 Å². The molecule has 140 valence electrons. The van der Waals surface area contributed by atoms with E-state index >= 15 is 0 Å². The molecular weight excluding hydrogens is 334 g/mol. The maximum absolute atomic E-state index is 12.4. The minimum Gasteiger partial charge on any atom is -0.480 e. The third-order valence-electron chi connectivity index (χ3n) is 5.04. The molecule has 0 bridgehead atoms. The van der Waals surface area contributed by atoms with Gasteiger partial charge in [-0.05, 0) is 37.3 Å². The van der Waals surface area contributed by atoms with Gasteiger partial charge in [-0.2, -0.15) is 0 Å². The third-order valence-corrected chi connectivity index (χ3v) is 5.04. The SMILES string of the molecule is CC(C(=O)O)N(C(=O)CCNC(=O)N1CCc2ccccc2C1)C1CC1. The van der Waals surface area contributed by atoms with Gasteiger partial charge in [0.2, 0.25) is 5.91 Å². The lowest BCUT2D eigenvalue weighted by molar-refractivity contribution is -0.150. The molecule has 1 atom stereocenters. The van der Waals surface area contributed by atoms with Crippen LogP contribution in [0.2, 0.25) is 0 Å². The summed E-state index contributed by atoms with van der Waals surface area (Å²) in [4.78, 5) is 39.1. The molecule has 0 saturated heterocycles. The molecule has 26 heavy (non-hydrogen) atoms. The molecule has 1 aliphatic carbocycles. The predicted octanol–water partition coefficient (Wildman–Crippen LogP) is 1.61. The fourth-order valence-electron chi connectivity index (χ4n) is 3.39. The normalized spacial score (nSPS) is 17.2. The zero-order chi connectivity index (χ0) is 18.7. The Morgan fingerprint density at radius 2 is 1.96 bits per heavy atom. The van der Waals surface area contributed by atoms with E-state index in [9.17, 15) is 19.5 Å². The van der Waals surface area contributed by atoms with E-state index in [0.717, 1.165) is 24.8 Å². The average molecular weight is 359 g/mol. The van der Waals surface area contributed by atoms with Crippen LogP contribution in [0.25, 0.3) is 0 Å². The van der Waals surface area contributed by atoms with Crippen LogP contribution in [-0.2, 0) is 22.6 Å². The van der Waals surface area contributed by atoms with Crippen molar-refractivity contribution in [2.75, 3.05) is 13.1 Å². The van der Waals surface area contributed by atoms with Crippen LogP contribution < -0.4 is 5.32 Å². The molecule has 1 unspecified atom stereocenters. The number of nitrogens with one attached hydrogen (secondary N) is 1. The Morgan fingerprint density at radius 1 is 1.27 bits per heavy atom. The highest BCUT2D eigenvalue weighted by molar-refractivity contribution is 5.84. The van der Waals surface area contributed by atoms with Gasteiger partial charge in [0, 0.05) is 32.1 Å². The second-order valence-corrected chi connectivity index (χ2v) is 6.97. The lowest BCUT2D eigenvalue weighted by atomic mass is 10.0. The number of amides is 3. The third kappa shape index (κ3) is 4.15. The first-order chi connectivity index (χ1) is 12.5. The Bertz CT molecular complexity index is 702. The molecule has 0 spiro atoms. The maximum Gasteiger partial charge on any atom is 0.326 e. The molecule has 1 aliphatic heterocycles. The van der Waals surface area contributed by atoms with Crippen molar-refractivity contribution in [3.63, 3.8) is 0 Å². The van der Waals surface area contributed by atoms with Gasteiger partial charge in [0.25, 0.3) is 0 Å². The molecule has 7 nitrogen and oxygen atoms in total. The van der Waals surface area contributed by atoms with Crippen molar-refractivity contribution in [3.8, 4) is 0 Å². The van der Waals surface area contributed by atoms with E-state index in [1.165, 1.54) is 17.4 Å². The summed E-state index contributed by atoms with van der Waals surface area (Å²) >= 11 is 0. The topological polar surface area (TPSA) is 90.0 Å². The van der Waals surface area contributed by atoms with Gasteiger partial charge >= 0.3 is 12.0 Å². The number of benzene rings is 1. The lowest BCUT2D eigenvalue weighted by Crippen LogP contribution is -2.47. The van der Waals surface area contributed by atoms with Crippen molar-refractivity contribution in [1.82, 2.24) is 15.1 Å². The second kappa shape index (κ2) is 7.76. The Hall–Kier alpha value is -2.57. The summed E-state index contributed by atoms with van der Waals surface area (Å²) < 4.78 is 0. The van der Waals surface area contributed by atoms with Crippen LogP contribution in [0, 0.1) is 0 Å². The second-order valence-electron chi connectivity index (χ2n) is 6.97. The van der Waals surface area contributed by atoms with Crippen molar-refractivity contribution in [2.24, 2.45) is 0 Å². The summed E-state index contributed by atoms with van der Waals surface area (Å²) in [5, 5.41) is 12.0. The molecule has 0 radical (unpaired) electrons. The maximum atomic E-state index is 12.4. The first kappa shape index (κ1) is 18.2. The fourth-order valence-corrected chi connectivity index (χ4v) is 3.39. The summed E-state index contributed by atoms with van der Waals surface area (Å²) in [5.41, 5.74) is 2.43. The van der Waals surface area contributed by atoms with E-state index in [4.69, 9.17) is 0 Å². The number of carbonyl (C=O) groups is 3. The first-order valence-corrected chi connectivity index (χ1v) is 9.11. The Morgan fingerprint density at radius 3 is 2.62 bits per heavy atom. The van der Waals surface area contributed by atoms with Crippen LogP contribution in [0.4, 0.5) is 4.79 Å². The van der Waals surface area contributed by atoms with Crippen LogP contribution in [0.5, 0.6) is 0 Å². The van der Waals surface area contributed by atoms with Crippen LogP contribution >= 0.6 is 0 Å². The average Bonchev–Trinajstić information content (AvgIpc) is 3.46. The van der Waals surface area contributed by atoms with E-state index in [1.54, 1.807) is 4.90 Å². The highest BCUT2D eigenvalue weighted by Gasteiger charge is 2.38. The van der Waals surface area contributed by atoms with Gasteiger partial charge in [0.15, 0.2) is 0 Å². The number of fused-ring (bicyclic) bond motifs is 1. The summed E-state index contributed by atoms with van der Waals surface area (Å²) in [5.74, 6) is -1.21. The monoisotopic (exact) mass is 359 g/mol. The van der Waals surface area contributed by atoms with Gasteiger partial charge in [0.05, 0.1) is 0 Å². The van der Waals surface area contributed by atoms with E-state index < -0.39 is 12.0 Å². The van der Waals surface area contributed by atoms with Gasteiger partial charge in [-0.15, -0.1) is 0 Å². The number of nitrogens with zero attached hydrogens (tertiary/aromatic N) is 2. The number of hydrogen-bond donors (Lipinski definition) is 2. The molecule has 2 aliphatic rings. The quantitative estimate of drug-likeness (QED) is 0.807. The van der Waals surface area contributed by atoms with Crippen molar-refractivity contribution in [1.29, 1.82) is 0 Å². The van der Waals surface area contributed by atoms with Gasteiger partial charge in [-0.3, -0.25) is 4.79 Å². The number of aliphatic carboxylic acids is 1. The molecule has 7 heteroatoms. The molecular formula is C19H25N3O4. The Labute approximate surface area is 153 Å². The number of rotatable bonds is 6. The van der Waals surface area contributed by atoms with Crippen molar-refractivity contribution in [3.05, 3.63) is 35.4 Å². The standard InChI is InChI=1S/C19H25N3O4/c1-13(18(24)25)22(16-6-7-16)17(23)8-10-20-19(26)21-11-9-14-4-2-3-5-15(14)12-21/h2-5,13,16H,6-12H2,1H3,(H,20,26)(H,24,25). The number of carbonyl (C=O) groups excluding carboxylic acids is 2. The highest BCUT2D eigenvalue weighted by atomic mass is 16.4. The fraction of sp³-hybridized carbons (Fsp3) is 0.526. The highest BCUT2D eigenvalue weighted by Crippen LogP contribution is 2.29. The number of carboxylic acids is 1. The minimum absolute atomic E-state index is 0.0305. The summed E-state index contributed by atoms with van der Waals surface area (Å²) in [6, 6.07) is 7.10. The van der Waals surface area contributed by atoms with Gasteiger partial charge < -0.3 is 20.2 Å². The minimum atomic E-state index is -0.999. The lowest BCUT2D eigenvalue weighted by Gasteiger charge is -2.29. The molecule has 1 heterocycles. The zero-order valence-corrected chi connectivity index (χ0v) is 15.0. The first-order valence-electron chi connectivity index (χ1n) is 9.11. The van der Waals surface area contributed by atoms with E-state index in [0.29, 0.717) is 13.1 Å². The van der Waals surface area contributed by atoms with Gasteiger partial charge in [-0.1, -0.05) is 24.3 Å². The Kier molecular flexibility index (Phi) is 5.44. The summed E-state index contributed by atoms with van der Waals surface area (Å²) in [6.45, 7) is 2.97. The molecule has 1 aromatic rings. The molecule has 1 aromatic carbocycles. The van der Waals surface area contributed by atoms with Crippen molar-refractivity contribution in [2.45, 2.75) is 51.2 Å². The smallest absolute Gasteiger partial charge is 0.326 e. The largest absolute Gasteiger partial charge is 0.480 e. The molecule has 0 aromatic heterocycles. The molecule has 1 fully saturated rings. The summed E-state index contributed by atoms with van der Waals surface area (Å²) in [7, 11) is 0. The van der Waals surface area contributed by atoms with Crippen molar-refractivity contribution < 1.29 is 19.5 Å². The van der Waals surface area contributed by atoms with Crippen molar-refractivity contribution >= 4 is 17.9 Å². The van der Waals surface area contributed by atoms with Gasteiger partial charge in [0.1, 0.15) is 6.04 Å². The molecule has 3 rings (SSSR count). The molecule has 2 N–H and O–H groups in total. The van der Waals surface area contributed by atoms with E-state index in [-0.39, 0.29) is 30.9 Å². The number of urea groups is 1. The summed E-state index contributed by atoms with van der Waals surface area (Å²) in [6.07, 6.45) is 2.64. The van der Waals surface area contributed by atoms with Crippen LogP contribution in [-0.4, -0.2) is 58.0 Å². The number of carboxylic acid groups (broad SMARTS) is 1. The Balaban J connectivity index is 1.48. The van der Waals surface area contributed by atoms with Crippen LogP contribution in [0.15, 0.2) is 24.3 Å². The van der Waals surface area contributed by atoms with E-state index in [1.807, 2.05) is 18.2 Å². The van der Waals surface area contributed by atoms with Crippen LogP contribution in [0.1, 0.15) is 37.3 Å². The molecule has 3 amide bonds. The zero-order valence-electron chi connectivity index (χ0n) is 15.0. The molecule has 1 saturated carbocycles. The number of hydrogen-bond acceptors (Lipinski definition) is 3. The van der Waals surface area contributed by atoms with E-state index in [2.05, 4.69) is 11.4 Å².